The number of benzene rings is 1. The van der Waals surface area contributed by atoms with Crippen LogP contribution >= 0.6 is 0 Å². The van der Waals surface area contributed by atoms with Gasteiger partial charge < -0.3 is 10.0 Å². The van der Waals surface area contributed by atoms with E-state index >= 15 is 0 Å². The van der Waals surface area contributed by atoms with Crippen LogP contribution in [0.1, 0.15) is 12.5 Å². The molecular weight excluding hydrogens is 295 g/mol. The van der Waals surface area contributed by atoms with Gasteiger partial charge in [-0.25, -0.2) is 17.5 Å². The van der Waals surface area contributed by atoms with Crippen LogP contribution in [-0.2, 0) is 10.0 Å². The molecule has 0 spiro atoms. The van der Waals surface area contributed by atoms with Gasteiger partial charge in [-0.3, -0.25) is 0 Å². The Bertz CT molecular complexity index is 648. The molecule has 1 unspecified atom stereocenters. The SMILES string of the molecule is CC(CN(C)C)NS(=O)(=O)c1ccc(C#CCO)cc1F. The van der Waals surface area contributed by atoms with E-state index in [-0.39, 0.29) is 12.6 Å². The molecule has 5 nitrogen and oxygen atoms in total. The second kappa shape index (κ2) is 7.52. The molecule has 0 saturated heterocycles. The number of likely N-dealkylation sites (N-methyl/N-ethyl adjacent to an activating group) is 1. The number of hydrogen-bond acceptors (Lipinski definition) is 4. The van der Waals surface area contributed by atoms with E-state index in [4.69, 9.17) is 5.11 Å². The molecule has 1 aromatic rings. The molecule has 0 heterocycles. The highest BCUT2D eigenvalue weighted by molar-refractivity contribution is 7.89. The van der Waals surface area contributed by atoms with Crippen molar-refractivity contribution in [2.75, 3.05) is 27.2 Å². The third kappa shape index (κ3) is 5.44. The van der Waals surface area contributed by atoms with Crippen molar-refractivity contribution in [3.63, 3.8) is 0 Å². The summed E-state index contributed by atoms with van der Waals surface area (Å²) in [6.45, 7) is 1.86. The van der Waals surface area contributed by atoms with Gasteiger partial charge in [0.2, 0.25) is 10.0 Å². The first kappa shape index (κ1) is 17.6. The minimum Gasteiger partial charge on any atom is -0.384 e. The van der Waals surface area contributed by atoms with Crippen LogP contribution < -0.4 is 4.72 Å². The van der Waals surface area contributed by atoms with E-state index in [1.54, 1.807) is 6.92 Å². The Morgan fingerprint density at radius 2 is 2.10 bits per heavy atom. The Labute approximate surface area is 124 Å². The van der Waals surface area contributed by atoms with Crippen LogP contribution in [0.3, 0.4) is 0 Å². The summed E-state index contributed by atoms with van der Waals surface area (Å²) in [5.74, 6) is 4.02. The van der Waals surface area contributed by atoms with Gasteiger partial charge >= 0.3 is 0 Å². The summed E-state index contributed by atoms with van der Waals surface area (Å²) in [5.41, 5.74) is 0.307. The average molecular weight is 314 g/mol. The smallest absolute Gasteiger partial charge is 0.243 e. The monoisotopic (exact) mass is 314 g/mol. The Kier molecular flexibility index (Phi) is 6.30. The predicted molar refractivity (Wildman–Crippen MR) is 78.7 cm³/mol. The van der Waals surface area contributed by atoms with Crippen molar-refractivity contribution in [3.05, 3.63) is 29.6 Å². The van der Waals surface area contributed by atoms with Crippen LogP contribution in [0.15, 0.2) is 23.1 Å². The highest BCUT2D eigenvalue weighted by Gasteiger charge is 2.21. The predicted octanol–water partition coefficient (Wildman–Crippen LogP) is 0.398. The van der Waals surface area contributed by atoms with Gasteiger partial charge in [0.05, 0.1) is 0 Å². The number of nitrogens with one attached hydrogen (secondary N) is 1. The molecule has 2 N–H and O–H groups in total. The van der Waals surface area contributed by atoms with Crippen LogP contribution in [-0.4, -0.2) is 51.7 Å². The molecule has 1 atom stereocenters. The highest BCUT2D eigenvalue weighted by Crippen LogP contribution is 2.16. The molecular formula is C14H19FN2O3S. The normalized spacial score (nSPS) is 12.9. The minimum atomic E-state index is -3.92. The maximum atomic E-state index is 13.9. The number of halogens is 1. The fourth-order valence-electron chi connectivity index (χ4n) is 1.85. The largest absolute Gasteiger partial charge is 0.384 e. The first-order chi connectivity index (χ1) is 9.76. The fourth-order valence-corrected chi connectivity index (χ4v) is 3.15. The van der Waals surface area contributed by atoms with Crippen molar-refractivity contribution in [1.29, 1.82) is 0 Å². The van der Waals surface area contributed by atoms with Gasteiger partial charge in [-0.05, 0) is 39.2 Å². The first-order valence-corrected chi connectivity index (χ1v) is 7.81. The lowest BCUT2D eigenvalue weighted by molar-refractivity contribution is 0.350. The summed E-state index contributed by atoms with van der Waals surface area (Å²) in [6.07, 6.45) is 0. The molecule has 1 aromatic carbocycles. The third-order valence-corrected chi connectivity index (χ3v) is 4.15. The topological polar surface area (TPSA) is 69.6 Å². The molecule has 116 valence electrons. The maximum Gasteiger partial charge on any atom is 0.243 e. The Morgan fingerprint density at radius 1 is 1.43 bits per heavy atom. The number of nitrogens with zero attached hydrogens (tertiary/aromatic N) is 1. The number of aliphatic hydroxyl groups excluding tert-OH is 1. The number of sulfonamides is 1. The summed E-state index contributed by atoms with van der Waals surface area (Å²) in [4.78, 5) is 1.42. The van der Waals surface area contributed by atoms with E-state index in [1.807, 2.05) is 19.0 Å². The van der Waals surface area contributed by atoms with Crippen molar-refractivity contribution in [1.82, 2.24) is 9.62 Å². The van der Waals surface area contributed by atoms with Crippen molar-refractivity contribution in [2.45, 2.75) is 17.9 Å². The molecule has 0 aliphatic rings. The Morgan fingerprint density at radius 3 is 2.62 bits per heavy atom. The molecule has 0 amide bonds. The quantitative estimate of drug-likeness (QED) is 0.772. The molecule has 7 heteroatoms. The molecule has 1 rings (SSSR count). The molecule has 0 fully saturated rings. The van der Waals surface area contributed by atoms with E-state index < -0.39 is 20.7 Å². The third-order valence-electron chi connectivity index (χ3n) is 2.53. The summed E-state index contributed by atoms with van der Waals surface area (Å²) < 4.78 is 40.6. The van der Waals surface area contributed by atoms with Crippen LogP contribution in [0, 0.1) is 17.7 Å². The Hall–Kier alpha value is -1.46. The van der Waals surface area contributed by atoms with E-state index in [9.17, 15) is 12.8 Å². The van der Waals surface area contributed by atoms with E-state index in [0.717, 1.165) is 6.07 Å². The molecule has 0 radical (unpaired) electrons. The van der Waals surface area contributed by atoms with E-state index in [1.165, 1.54) is 12.1 Å². The first-order valence-electron chi connectivity index (χ1n) is 6.32. The summed E-state index contributed by atoms with van der Waals surface area (Å²) >= 11 is 0. The van der Waals surface area contributed by atoms with Gasteiger partial charge in [0.15, 0.2) is 0 Å². The number of aliphatic hydroxyl groups is 1. The average Bonchev–Trinajstić information content (AvgIpc) is 2.34. The maximum absolute atomic E-state index is 13.9. The van der Waals surface area contributed by atoms with Gasteiger partial charge in [-0.15, -0.1) is 0 Å². The van der Waals surface area contributed by atoms with Crippen molar-refractivity contribution < 1.29 is 17.9 Å². The van der Waals surface area contributed by atoms with Gasteiger partial charge in [-0.1, -0.05) is 11.8 Å². The lowest BCUT2D eigenvalue weighted by Gasteiger charge is -2.18. The lowest BCUT2D eigenvalue weighted by Crippen LogP contribution is -2.39. The van der Waals surface area contributed by atoms with Gasteiger partial charge in [0.1, 0.15) is 17.3 Å². The van der Waals surface area contributed by atoms with Gasteiger partial charge in [-0.2, -0.15) is 0 Å². The molecule has 0 aromatic heterocycles. The summed E-state index contributed by atoms with van der Waals surface area (Å²) in [5, 5.41) is 8.57. The van der Waals surface area contributed by atoms with Crippen LogP contribution in [0.5, 0.6) is 0 Å². The van der Waals surface area contributed by atoms with Crippen molar-refractivity contribution in [3.8, 4) is 11.8 Å². The zero-order chi connectivity index (χ0) is 16.0. The second-order valence-corrected chi connectivity index (χ2v) is 6.57. The molecule has 21 heavy (non-hydrogen) atoms. The summed E-state index contributed by atoms with van der Waals surface area (Å²) in [7, 11) is -0.283. The van der Waals surface area contributed by atoms with Crippen LogP contribution in [0.25, 0.3) is 0 Å². The Balaban J connectivity index is 2.98. The standard InChI is InChI=1S/C14H19FN2O3S/c1-11(10-17(2)3)16-21(19,20)14-7-6-12(5-4-8-18)9-13(14)15/h6-7,9,11,16,18H,8,10H2,1-3H3. The van der Waals surface area contributed by atoms with Gasteiger partial charge in [0.25, 0.3) is 0 Å². The number of rotatable bonds is 5. The second-order valence-electron chi connectivity index (χ2n) is 4.89. The van der Waals surface area contributed by atoms with Crippen molar-refractivity contribution >= 4 is 10.0 Å². The van der Waals surface area contributed by atoms with Crippen LogP contribution in [0.2, 0.25) is 0 Å². The van der Waals surface area contributed by atoms with Crippen molar-refractivity contribution in [2.24, 2.45) is 0 Å². The number of hydrogen-bond donors (Lipinski definition) is 2. The zero-order valence-corrected chi connectivity index (χ0v) is 13.0. The molecule has 0 aliphatic heterocycles. The zero-order valence-electron chi connectivity index (χ0n) is 12.2. The molecule has 0 saturated carbocycles. The summed E-state index contributed by atoms with van der Waals surface area (Å²) in [6, 6.07) is 3.25. The molecule has 0 aliphatic carbocycles. The highest BCUT2D eigenvalue weighted by atomic mass is 32.2. The molecule has 0 bridgehead atoms. The fraction of sp³-hybridized carbons (Fsp3) is 0.429. The lowest BCUT2D eigenvalue weighted by atomic mass is 10.2. The van der Waals surface area contributed by atoms with E-state index in [2.05, 4.69) is 16.6 Å². The van der Waals surface area contributed by atoms with Crippen LogP contribution in [0.4, 0.5) is 4.39 Å². The van der Waals surface area contributed by atoms with Gasteiger partial charge in [0, 0.05) is 18.2 Å². The van der Waals surface area contributed by atoms with E-state index in [0.29, 0.717) is 12.1 Å². The minimum absolute atomic E-state index is 0.307.